The number of hydrogen-bond donors (Lipinski definition) is 1. The molecule has 0 radical (unpaired) electrons. The molecular formula is C14H23NO. The summed E-state index contributed by atoms with van der Waals surface area (Å²) < 4.78 is 5.15. The van der Waals surface area contributed by atoms with Gasteiger partial charge >= 0.3 is 0 Å². The van der Waals surface area contributed by atoms with Crippen LogP contribution in [0.4, 0.5) is 0 Å². The Balaban J connectivity index is 2.52. The molecule has 90 valence electrons. The highest BCUT2D eigenvalue weighted by atomic mass is 16.5. The van der Waals surface area contributed by atoms with Gasteiger partial charge in [-0.2, -0.15) is 0 Å². The average Bonchev–Trinajstić information content (AvgIpc) is 2.30. The molecule has 2 nitrogen and oxygen atoms in total. The van der Waals surface area contributed by atoms with Gasteiger partial charge < -0.3 is 10.1 Å². The summed E-state index contributed by atoms with van der Waals surface area (Å²) in [6, 6.07) is 8.91. The van der Waals surface area contributed by atoms with Crippen molar-refractivity contribution in [1.29, 1.82) is 0 Å². The van der Waals surface area contributed by atoms with Crippen molar-refractivity contribution in [2.24, 2.45) is 5.92 Å². The van der Waals surface area contributed by atoms with E-state index in [0.717, 1.165) is 18.7 Å². The van der Waals surface area contributed by atoms with Crippen LogP contribution >= 0.6 is 0 Å². The van der Waals surface area contributed by atoms with Gasteiger partial charge in [0.05, 0.1) is 7.11 Å². The molecule has 0 aliphatic heterocycles. The fraction of sp³-hybridized carbons (Fsp3) is 0.571. The van der Waals surface area contributed by atoms with Crippen LogP contribution in [0.25, 0.3) is 0 Å². The fourth-order valence-electron chi connectivity index (χ4n) is 1.83. The lowest BCUT2D eigenvalue weighted by Crippen LogP contribution is -2.32. The van der Waals surface area contributed by atoms with Crippen molar-refractivity contribution in [1.82, 2.24) is 5.32 Å². The van der Waals surface area contributed by atoms with Gasteiger partial charge in [0.15, 0.2) is 0 Å². The molecule has 0 bridgehead atoms. The third-order valence-corrected chi connectivity index (χ3v) is 3.10. The van der Waals surface area contributed by atoms with Crippen molar-refractivity contribution in [3.8, 4) is 5.75 Å². The predicted molar refractivity (Wildman–Crippen MR) is 69.0 cm³/mol. The van der Waals surface area contributed by atoms with E-state index in [1.54, 1.807) is 7.11 Å². The van der Waals surface area contributed by atoms with Gasteiger partial charge in [0.25, 0.3) is 0 Å². The van der Waals surface area contributed by atoms with Gasteiger partial charge in [-0.1, -0.05) is 26.0 Å². The molecule has 2 heteroatoms. The maximum absolute atomic E-state index is 5.15. The normalized spacial score (nSPS) is 14.5. The Bertz CT molecular complexity index is 294. The Labute approximate surface area is 99.0 Å². The molecule has 0 aromatic heterocycles. The van der Waals surface area contributed by atoms with Crippen LogP contribution in [0.2, 0.25) is 0 Å². The van der Waals surface area contributed by atoms with Gasteiger partial charge in [0.2, 0.25) is 0 Å². The Morgan fingerprint density at radius 1 is 1.19 bits per heavy atom. The molecule has 2 unspecified atom stereocenters. The molecule has 0 saturated heterocycles. The number of methoxy groups -OCH3 is 1. The van der Waals surface area contributed by atoms with E-state index in [2.05, 4.69) is 38.2 Å². The molecule has 0 saturated carbocycles. The first-order valence-electron chi connectivity index (χ1n) is 6.03. The molecule has 2 atom stereocenters. The molecule has 1 aromatic carbocycles. The summed E-state index contributed by atoms with van der Waals surface area (Å²) in [5, 5.41) is 3.46. The van der Waals surface area contributed by atoms with Gasteiger partial charge in [-0.05, 0) is 43.5 Å². The first-order chi connectivity index (χ1) is 7.67. The second-order valence-corrected chi connectivity index (χ2v) is 4.38. The first-order valence-corrected chi connectivity index (χ1v) is 6.03. The number of rotatable bonds is 6. The number of nitrogens with one attached hydrogen (secondary N) is 1. The summed E-state index contributed by atoms with van der Waals surface area (Å²) in [7, 11) is 1.70. The van der Waals surface area contributed by atoms with Crippen LogP contribution in [0.5, 0.6) is 5.75 Å². The number of benzene rings is 1. The Morgan fingerprint density at radius 3 is 2.31 bits per heavy atom. The molecule has 0 fully saturated rings. The smallest absolute Gasteiger partial charge is 0.118 e. The van der Waals surface area contributed by atoms with E-state index < -0.39 is 0 Å². The predicted octanol–water partition coefficient (Wildman–Crippen LogP) is 2.87. The van der Waals surface area contributed by atoms with Gasteiger partial charge in [0, 0.05) is 6.04 Å². The van der Waals surface area contributed by atoms with Crippen molar-refractivity contribution in [3.05, 3.63) is 29.8 Å². The van der Waals surface area contributed by atoms with E-state index in [-0.39, 0.29) is 0 Å². The zero-order valence-corrected chi connectivity index (χ0v) is 10.8. The van der Waals surface area contributed by atoms with Crippen LogP contribution in [0.1, 0.15) is 26.3 Å². The summed E-state index contributed by atoms with van der Waals surface area (Å²) in [5.41, 5.74) is 1.37. The zero-order valence-electron chi connectivity index (χ0n) is 10.8. The van der Waals surface area contributed by atoms with Gasteiger partial charge in [-0.25, -0.2) is 0 Å². The minimum Gasteiger partial charge on any atom is -0.497 e. The maximum Gasteiger partial charge on any atom is 0.118 e. The highest BCUT2D eigenvalue weighted by molar-refractivity contribution is 5.27. The summed E-state index contributed by atoms with van der Waals surface area (Å²) in [6.07, 6.45) is 1.11. The summed E-state index contributed by atoms with van der Waals surface area (Å²) in [5.74, 6) is 1.57. The lowest BCUT2D eigenvalue weighted by atomic mass is 9.95. The number of hydrogen-bond acceptors (Lipinski definition) is 2. The van der Waals surface area contributed by atoms with Gasteiger partial charge in [0.1, 0.15) is 5.75 Å². The molecule has 16 heavy (non-hydrogen) atoms. The fourth-order valence-corrected chi connectivity index (χ4v) is 1.83. The SMILES string of the molecule is CCNC(C)C(C)Cc1ccc(OC)cc1. The Hall–Kier alpha value is -1.02. The maximum atomic E-state index is 5.15. The van der Waals surface area contributed by atoms with Gasteiger partial charge in [-0.3, -0.25) is 0 Å². The molecule has 1 aromatic rings. The van der Waals surface area contributed by atoms with Crippen molar-refractivity contribution in [3.63, 3.8) is 0 Å². The molecule has 1 rings (SSSR count). The second kappa shape index (κ2) is 6.54. The topological polar surface area (TPSA) is 21.3 Å². The van der Waals surface area contributed by atoms with E-state index in [4.69, 9.17) is 4.74 Å². The van der Waals surface area contributed by atoms with Crippen LogP contribution in [-0.4, -0.2) is 19.7 Å². The van der Waals surface area contributed by atoms with Gasteiger partial charge in [-0.15, -0.1) is 0 Å². The molecule has 0 aliphatic rings. The molecule has 0 aliphatic carbocycles. The first kappa shape index (κ1) is 13.0. The van der Waals surface area contributed by atoms with E-state index in [9.17, 15) is 0 Å². The third kappa shape index (κ3) is 3.86. The van der Waals surface area contributed by atoms with Crippen LogP contribution in [0, 0.1) is 5.92 Å². The van der Waals surface area contributed by atoms with E-state index >= 15 is 0 Å². The highest BCUT2D eigenvalue weighted by Gasteiger charge is 2.11. The molecule has 0 heterocycles. The summed E-state index contributed by atoms with van der Waals surface area (Å²) in [6.45, 7) is 7.72. The minimum atomic E-state index is 0.562. The standard InChI is InChI=1S/C14H23NO/c1-5-15-12(3)11(2)10-13-6-8-14(16-4)9-7-13/h6-9,11-12,15H,5,10H2,1-4H3. The van der Waals surface area contributed by atoms with Crippen LogP contribution in [0.15, 0.2) is 24.3 Å². The Kier molecular flexibility index (Phi) is 5.33. The third-order valence-electron chi connectivity index (χ3n) is 3.10. The second-order valence-electron chi connectivity index (χ2n) is 4.38. The minimum absolute atomic E-state index is 0.562. The molecule has 0 spiro atoms. The van der Waals surface area contributed by atoms with E-state index in [0.29, 0.717) is 12.0 Å². The van der Waals surface area contributed by atoms with Crippen LogP contribution < -0.4 is 10.1 Å². The lowest BCUT2D eigenvalue weighted by molar-refractivity contribution is 0.404. The summed E-state index contributed by atoms with van der Waals surface area (Å²) >= 11 is 0. The van der Waals surface area contributed by atoms with Crippen molar-refractivity contribution in [2.75, 3.05) is 13.7 Å². The van der Waals surface area contributed by atoms with E-state index in [1.807, 2.05) is 12.1 Å². The van der Waals surface area contributed by atoms with Crippen molar-refractivity contribution < 1.29 is 4.74 Å². The molecule has 1 N–H and O–H groups in total. The van der Waals surface area contributed by atoms with Crippen LogP contribution in [-0.2, 0) is 6.42 Å². The quantitative estimate of drug-likeness (QED) is 0.797. The number of ether oxygens (including phenoxy) is 1. The molecular weight excluding hydrogens is 198 g/mol. The zero-order chi connectivity index (χ0) is 12.0. The lowest BCUT2D eigenvalue weighted by Gasteiger charge is -2.20. The largest absolute Gasteiger partial charge is 0.497 e. The monoisotopic (exact) mass is 221 g/mol. The van der Waals surface area contributed by atoms with Crippen molar-refractivity contribution in [2.45, 2.75) is 33.2 Å². The highest BCUT2D eigenvalue weighted by Crippen LogP contribution is 2.16. The molecule has 0 amide bonds. The average molecular weight is 221 g/mol. The van der Waals surface area contributed by atoms with Crippen LogP contribution in [0.3, 0.4) is 0 Å². The van der Waals surface area contributed by atoms with Crippen molar-refractivity contribution >= 4 is 0 Å². The van der Waals surface area contributed by atoms with E-state index in [1.165, 1.54) is 5.56 Å². The summed E-state index contributed by atoms with van der Waals surface area (Å²) in [4.78, 5) is 0. The Morgan fingerprint density at radius 2 is 1.81 bits per heavy atom.